The number of hydrogen-bond donors (Lipinski definition) is 0. The van der Waals surface area contributed by atoms with Gasteiger partial charge >= 0.3 is 0 Å². The fourth-order valence-corrected chi connectivity index (χ4v) is 2.07. The highest BCUT2D eigenvalue weighted by Gasteiger charge is 2.28. The van der Waals surface area contributed by atoms with E-state index in [2.05, 4.69) is 11.6 Å². The SMILES string of the molecule is C=CC(=O)N1CCCC1c1cccnc1. The molecule has 0 aromatic carbocycles. The Labute approximate surface area is 89.4 Å². The zero-order valence-corrected chi connectivity index (χ0v) is 8.60. The van der Waals surface area contributed by atoms with Gasteiger partial charge in [0.15, 0.2) is 0 Å². The molecular weight excluding hydrogens is 188 g/mol. The van der Waals surface area contributed by atoms with Crippen LogP contribution in [0.5, 0.6) is 0 Å². The summed E-state index contributed by atoms with van der Waals surface area (Å²) in [4.78, 5) is 17.5. The minimum Gasteiger partial charge on any atom is -0.332 e. The minimum absolute atomic E-state index is 0.0151. The highest BCUT2D eigenvalue weighted by molar-refractivity contribution is 5.87. The maximum absolute atomic E-state index is 11.6. The Kier molecular flexibility index (Phi) is 2.81. The third-order valence-electron chi connectivity index (χ3n) is 2.78. The summed E-state index contributed by atoms with van der Waals surface area (Å²) >= 11 is 0. The van der Waals surface area contributed by atoms with Gasteiger partial charge in [-0.05, 0) is 30.5 Å². The van der Waals surface area contributed by atoms with E-state index < -0.39 is 0 Å². The second kappa shape index (κ2) is 4.26. The van der Waals surface area contributed by atoms with Crippen LogP contribution in [-0.2, 0) is 4.79 Å². The molecule has 1 aromatic heterocycles. The van der Waals surface area contributed by atoms with Gasteiger partial charge in [-0.15, -0.1) is 0 Å². The zero-order valence-electron chi connectivity index (χ0n) is 8.60. The molecule has 1 atom stereocenters. The molecule has 0 N–H and O–H groups in total. The summed E-state index contributed by atoms with van der Waals surface area (Å²) in [6.07, 6.45) is 7.04. The molecule has 1 unspecified atom stereocenters. The van der Waals surface area contributed by atoms with Crippen LogP contribution in [0.2, 0.25) is 0 Å². The molecule has 1 aliphatic rings. The van der Waals surface area contributed by atoms with E-state index >= 15 is 0 Å². The second-order valence-electron chi connectivity index (χ2n) is 3.68. The maximum atomic E-state index is 11.6. The lowest BCUT2D eigenvalue weighted by molar-refractivity contribution is -0.126. The molecule has 3 heteroatoms. The van der Waals surface area contributed by atoms with Crippen LogP contribution in [0.1, 0.15) is 24.4 Å². The first-order chi connectivity index (χ1) is 7.33. The summed E-state index contributed by atoms with van der Waals surface area (Å²) in [5.74, 6) is 0.0151. The molecule has 2 heterocycles. The predicted molar refractivity (Wildman–Crippen MR) is 58.1 cm³/mol. The van der Waals surface area contributed by atoms with Crippen LogP contribution in [0, 0.1) is 0 Å². The van der Waals surface area contributed by atoms with E-state index in [0.717, 1.165) is 24.9 Å². The van der Waals surface area contributed by atoms with E-state index in [9.17, 15) is 4.79 Å². The molecule has 15 heavy (non-hydrogen) atoms. The number of carbonyl (C=O) groups excluding carboxylic acids is 1. The highest BCUT2D eigenvalue weighted by Crippen LogP contribution is 2.31. The lowest BCUT2D eigenvalue weighted by atomic mass is 10.1. The number of likely N-dealkylation sites (tertiary alicyclic amines) is 1. The van der Waals surface area contributed by atoms with Crippen LogP contribution >= 0.6 is 0 Å². The minimum atomic E-state index is 0.0151. The van der Waals surface area contributed by atoms with Crippen molar-refractivity contribution in [2.24, 2.45) is 0 Å². The molecule has 0 aliphatic carbocycles. The van der Waals surface area contributed by atoms with Crippen molar-refractivity contribution in [2.45, 2.75) is 18.9 Å². The summed E-state index contributed by atoms with van der Waals surface area (Å²) in [6.45, 7) is 4.35. The van der Waals surface area contributed by atoms with Gasteiger partial charge in [0.05, 0.1) is 6.04 Å². The van der Waals surface area contributed by atoms with Gasteiger partial charge in [-0.25, -0.2) is 0 Å². The first-order valence-electron chi connectivity index (χ1n) is 5.16. The predicted octanol–water partition coefficient (Wildman–Crippen LogP) is 1.93. The first-order valence-corrected chi connectivity index (χ1v) is 5.16. The van der Waals surface area contributed by atoms with E-state index in [0.29, 0.717) is 0 Å². The third kappa shape index (κ3) is 1.91. The van der Waals surface area contributed by atoms with Crippen molar-refractivity contribution in [1.29, 1.82) is 0 Å². The van der Waals surface area contributed by atoms with Crippen molar-refractivity contribution in [1.82, 2.24) is 9.88 Å². The summed E-state index contributed by atoms with van der Waals surface area (Å²) in [5, 5.41) is 0. The fourth-order valence-electron chi connectivity index (χ4n) is 2.07. The average Bonchev–Trinajstić information content (AvgIpc) is 2.78. The molecule has 78 valence electrons. The topological polar surface area (TPSA) is 33.2 Å². The third-order valence-corrected chi connectivity index (χ3v) is 2.78. The molecule has 0 radical (unpaired) electrons. The Balaban J connectivity index is 2.22. The van der Waals surface area contributed by atoms with Crippen LogP contribution in [-0.4, -0.2) is 22.3 Å². The number of pyridine rings is 1. The molecule has 1 aromatic rings. The summed E-state index contributed by atoms with van der Waals surface area (Å²) in [7, 11) is 0. The molecule has 2 rings (SSSR count). The number of hydrogen-bond acceptors (Lipinski definition) is 2. The van der Waals surface area contributed by atoms with E-state index in [-0.39, 0.29) is 11.9 Å². The average molecular weight is 202 g/mol. The molecule has 1 saturated heterocycles. The van der Waals surface area contributed by atoms with Crippen LogP contribution in [0.4, 0.5) is 0 Å². The van der Waals surface area contributed by atoms with Crippen LogP contribution in [0.25, 0.3) is 0 Å². The van der Waals surface area contributed by atoms with Crippen molar-refractivity contribution in [3.63, 3.8) is 0 Å². The van der Waals surface area contributed by atoms with Gasteiger partial charge in [-0.1, -0.05) is 12.6 Å². The van der Waals surface area contributed by atoms with E-state index in [1.165, 1.54) is 6.08 Å². The van der Waals surface area contributed by atoms with Crippen LogP contribution in [0.3, 0.4) is 0 Å². The number of aromatic nitrogens is 1. The Bertz CT molecular complexity index is 361. The van der Waals surface area contributed by atoms with Crippen molar-refractivity contribution in [3.8, 4) is 0 Å². The van der Waals surface area contributed by atoms with Gasteiger partial charge in [0.1, 0.15) is 0 Å². The van der Waals surface area contributed by atoms with Gasteiger partial charge in [0, 0.05) is 18.9 Å². The lowest BCUT2D eigenvalue weighted by Gasteiger charge is -2.23. The van der Waals surface area contributed by atoms with Crippen molar-refractivity contribution in [2.75, 3.05) is 6.54 Å². The van der Waals surface area contributed by atoms with Gasteiger partial charge in [0.25, 0.3) is 0 Å². The number of rotatable bonds is 2. The molecule has 0 bridgehead atoms. The first kappa shape index (κ1) is 9.90. The molecule has 0 saturated carbocycles. The number of nitrogens with zero attached hydrogens (tertiary/aromatic N) is 2. The molecule has 0 spiro atoms. The van der Waals surface area contributed by atoms with Gasteiger partial charge < -0.3 is 4.90 Å². The Morgan fingerprint density at radius 2 is 2.53 bits per heavy atom. The van der Waals surface area contributed by atoms with Crippen molar-refractivity contribution < 1.29 is 4.79 Å². The lowest BCUT2D eigenvalue weighted by Crippen LogP contribution is -2.28. The van der Waals surface area contributed by atoms with Crippen molar-refractivity contribution in [3.05, 3.63) is 42.7 Å². The molecule has 1 amide bonds. The summed E-state index contributed by atoms with van der Waals surface area (Å²) < 4.78 is 0. The molecule has 1 fully saturated rings. The van der Waals surface area contributed by atoms with Gasteiger partial charge in [-0.3, -0.25) is 9.78 Å². The van der Waals surface area contributed by atoms with Gasteiger partial charge in [0.2, 0.25) is 5.91 Å². The summed E-state index contributed by atoms with van der Waals surface area (Å²) in [6, 6.07) is 4.11. The molecule has 1 aliphatic heterocycles. The van der Waals surface area contributed by atoms with E-state index in [1.807, 2.05) is 23.2 Å². The smallest absolute Gasteiger partial charge is 0.246 e. The molecular formula is C12H14N2O. The van der Waals surface area contributed by atoms with Gasteiger partial charge in [-0.2, -0.15) is 0 Å². The zero-order chi connectivity index (χ0) is 10.7. The monoisotopic (exact) mass is 202 g/mol. The quantitative estimate of drug-likeness (QED) is 0.686. The maximum Gasteiger partial charge on any atom is 0.246 e. The van der Waals surface area contributed by atoms with E-state index in [4.69, 9.17) is 0 Å². The largest absolute Gasteiger partial charge is 0.332 e. The molecule has 3 nitrogen and oxygen atoms in total. The van der Waals surface area contributed by atoms with E-state index in [1.54, 1.807) is 6.20 Å². The fraction of sp³-hybridized carbons (Fsp3) is 0.333. The number of amides is 1. The highest BCUT2D eigenvalue weighted by atomic mass is 16.2. The second-order valence-corrected chi connectivity index (χ2v) is 3.68. The van der Waals surface area contributed by atoms with Crippen LogP contribution in [0.15, 0.2) is 37.2 Å². The van der Waals surface area contributed by atoms with Crippen LogP contribution < -0.4 is 0 Å². The normalized spacial score (nSPS) is 20.3. The Morgan fingerprint density at radius 1 is 1.67 bits per heavy atom. The number of carbonyl (C=O) groups is 1. The Morgan fingerprint density at radius 3 is 3.20 bits per heavy atom. The Hall–Kier alpha value is -1.64. The van der Waals surface area contributed by atoms with Crippen molar-refractivity contribution >= 4 is 5.91 Å². The standard InChI is InChI=1S/C12H14N2O/c1-2-12(15)14-8-4-6-11(14)10-5-3-7-13-9-10/h2-3,5,7,9,11H,1,4,6,8H2. The summed E-state index contributed by atoms with van der Waals surface area (Å²) in [5.41, 5.74) is 1.12.